The number of anilines is 1. The van der Waals surface area contributed by atoms with E-state index in [-0.39, 0.29) is 16.1 Å². The minimum absolute atomic E-state index is 0.190. The molecule has 1 amide bonds. The van der Waals surface area contributed by atoms with E-state index in [0.29, 0.717) is 46.6 Å². The lowest BCUT2D eigenvalue weighted by atomic mass is 9.93. The van der Waals surface area contributed by atoms with Crippen LogP contribution in [0.15, 0.2) is 47.6 Å². The smallest absolute Gasteiger partial charge is 0.281 e. The van der Waals surface area contributed by atoms with Crippen LogP contribution in [-0.2, 0) is 10.0 Å². The number of unbranched alkanes of at least 4 members (excludes halogenated alkanes) is 1. The molecular weight excluding hydrogens is 588 g/mol. The normalized spacial score (nSPS) is 22.1. The third-order valence-corrected chi connectivity index (χ3v) is 12.2. The zero-order valence-electron chi connectivity index (χ0n) is 26.8. The Kier molecular flexibility index (Phi) is 7.26. The van der Waals surface area contributed by atoms with Gasteiger partial charge in [0.1, 0.15) is 5.82 Å². The van der Waals surface area contributed by atoms with Crippen LogP contribution in [0.3, 0.4) is 0 Å². The van der Waals surface area contributed by atoms with Gasteiger partial charge in [0.15, 0.2) is 10.8 Å². The summed E-state index contributed by atoms with van der Waals surface area (Å²) in [5.41, 5.74) is 1.78. The molecule has 3 aromatic heterocycles. The third kappa shape index (κ3) is 5.40. The van der Waals surface area contributed by atoms with Crippen LogP contribution in [0.1, 0.15) is 94.6 Å². The first kappa shape index (κ1) is 30.2. The number of aryl methyl sites for hydroxylation is 1. The number of pyridine rings is 2. The molecule has 0 radical (unpaired) electrons. The molecule has 1 N–H and O–H groups in total. The number of carbonyl (C=O) groups excluding carboxylic acids is 1. The molecule has 7 rings (SSSR count). The topological polar surface area (TPSA) is 119 Å². The van der Waals surface area contributed by atoms with E-state index < -0.39 is 15.9 Å². The van der Waals surface area contributed by atoms with Crippen molar-refractivity contribution in [2.24, 2.45) is 22.7 Å². The van der Waals surface area contributed by atoms with Gasteiger partial charge >= 0.3 is 0 Å². The molecule has 4 aliphatic rings. The van der Waals surface area contributed by atoms with Crippen LogP contribution in [-0.4, -0.2) is 52.8 Å². The summed E-state index contributed by atoms with van der Waals surface area (Å²) in [5.74, 6) is 2.05. The molecule has 0 aromatic carbocycles. The van der Waals surface area contributed by atoms with Crippen molar-refractivity contribution in [3.05, 3.63) is 53.9 Å². The van der Waals surface area contributed by atoms with Crippen molar-refractivity contribution in [1.29, 1.82) is 0 Å². The summed E-state index contributed by atoms with van der Waals surface area (Å²) in [5, 5.41) is 4.45. The number of nitrogens with one attached hydrogen (secondary N) is 1. The van der Waals surface area contributed by atoms with Crippen molar-refractivity contribution in [2.45, 2.75) is 96.0 Å². The summed E-state index contributed by atoms with van der Waals surface area (Å²) in [6.45, 7) is 9.59. The van der Waals surface area contributed by atoms with Gasteiger partial charge in [0, 0.05) is 30.0 Å². The van der Waals surface area contributed by atoms with Crippen LogP contribution < -0.4 is 14.4 Å². The van der Waals surface area contributed by atoms with Crippen LogP contribution in [0.25, 0.3) is 5.82 Å². The first-order chi connectivity index (χ1) is 21.5. The van der Waals surface area contributed by atoms with E-state index in [2.05, 4.69) is 40.5 Å². The van der Waals surface area contributed by atoms with Crippen molar-refractivity contribution in [3.63, 3.8) is 0 Å². The van der Waals surface area contributed by atoms with Crippen molar-refractivity contribution in [3.8, 4) is 11.7 Å². The maximum Gasteiger partial charge on any atom is 0.281 e. The van der Waals surface area contributed by atoms with Crippen molar-refractivity contribution in [2.75, 3.05) is 18.1 Å². The molecule has 2 spiro atoms. The quantitative estimate of drug-likeness (QED) is 0.264. The second-order valence-corrected chi connectivity index (χ2v) is 16.0. The Morgan fingerprint density at radius 1 is 1.04 bits per heavy atom. The molecule has 3 saturated carbocycles. The summed E-state index contributed by atoms with van der Waals surface area (Å²) in [7, 11) is -4.19. The summed E-state index contributed by atoms with van der Waals surface area (Å²) in [6.07, 6.45) is 12.8. The number of aromatic nitrogens is 4. The molecule has 240 valence electrons. The molecule has 4 fully saturated rings. The van der Waals surface area contributed by atoms with Gasteiger partial charge in [-0.1, -0.05) is 25.8 Å². The number of hydrogen-bond donors (Lipinski definition) is 1. The first-order valence-electron chi connectivity index (χ1n) is 16.5. The third-order valence-electron chi connectivity index (χ3n) is 10.9. The van der Waals surface area contributed by atoms with Crippen LogP contribution in [0.5, 0.6) is 5.88 Å². The molecule has 11 heteroatoms. The van der Waals surface area contributed by atoms with Gasteiger partial charge in [-0.2, -0.15) is 8.42 Å². The maximum atomic E-state index is 13.7. The molecule has 0 bridgehead atoms. The Bertz CT molecular complexity index is 1710. The fraction of sp³-hybridized carbons (Fsp3) is 0.588. The lowest BCUT2D eigenvalue weighted by Crippen LogP contribution is -2.41. The Labute approximate surface area is 266 Å². The number of sulfonamides is 1. The molecule has 10 nitrogen and oxygen atoms in total. The van der Waals surface area contributed by atoms with Gasteiger partial charge in [-0.25, -0.2) is 19.4 Å². The molecule has 4 heterocycles. The van der Waals surface area contributed by atoms with Crippen LogP contribution in [0.4, 0.5) is 5.82 Å². The molecular formula is C34H44N6O4S. The van der Waals surface area contributed by atoms with E-state index in [1.165, 1.54) is 31.7 Å². The van der Waals surface area contributed by atoms with Gasteiger partial charge in [-0.3, -0.25) is 4.79 Å². The van der Waals surface area contributed by atoms with Crippen LogP contribution in [0.2, 0.25) is 0 Å². The van der Waals surface area contributed by atoms with E-state index in [4.69, 9.17) is 9.72 Å². The van der Waals surface area contributed by atoms with E-state index in [1.807, 2.05) is 12.3 Å². The number of fused-ring (bicyclic) bond motifs is 1. The highest BCUT2D eigenvalue weighted by molar-refractivity contribution is 7.90. The zero-order chi connectivity index (χ0) is 31.6. The van der Waals surface area contributed by atoms with Gasteiger partial charge in [-0.15, -0.1) is 5.10 Å². The predicted octanol–water partition coefficient (Wildman–Crippen LogP) is 5.84. The summed E-state index contributed by atoms with van der Waals surface area (Å²) in [4.78, 5) is 24.9. The molecule has 1 atom stereocenters. The highest BCUT2D eigenvalue weighted by Gasteiger charge is 2.85. The maximum absolute atomic E-state index is 13.7. The minimum atomic E-state index is -4.19. The standard InChI is InChI=1S/C34H44N6O4S/c1-5-6-9-24-21-32(3,4)39(22-24)30-25(31(41)38-45(42,43)29-10-7-8-23(2)35-29)11-12-27(36-30)40-19-13-28(37-40)44-20-14-26-33(15-16-33)34(26)17-18-34/h7-8,10-13,19,24,26H,5-6,9,14-18,20-22H2,1-4H3,(H,38,41)/t24-/m0/s1. The molecule has 1 aliphatic heterocycles. The van der Waals surface area contributed by atoms with E-state index >= 15 is 0 Å². The van der Waals surface area contributed by atoms with Gasteiger partial charge < -0.3 is 9.64 Å². The lowest BCUT2D eigenvalue weighted by molar-refractivity contribution is 0.0981. The highest BCUT2D eigenvalue weighted by Crippen LogP contribution is 2.93. The van der Waals surface area contributed by atoms with Gasteiger partial charge in [0.05, 0.1) is 12.2 Å². The fourth-order valence-corrected chi connectivity index (χ4v) is 9.42. The Morgan fingerprint density at radius 3 is 2.49 bits per heavy atom. The summed E-state index contributed by atoms with van der Waals surface area (Å²) < 4.78 is 36.3. The largest absolute Gasteiger partial charge is 0.477 e. The first-order valence-corrected chi connectivity index (χ1v) is 17.9. The lowest BCUT2D eigenvalue weighted by Gasteiger charge is -2.34. The average Bonchev–Trinajstić information content (AvgIpc) is 3.95. The van der Waals surface area contributed by atoms with Crippen LogP contribution in [0, 0.1) is 29.6 Å². The van der Waals surface area contributed by atoms with Crippen molar-refractivity contribution >= 4 is 21.7 Å². The van der Waals surface area contributed by atoms with Gasteiger partial charge in [-0.05, 0) is 113 Å². The number of nitrogens with zero attached hydrogens (tertiary/aromatic N) is 5. The molecule has 3 aliphatic carbocycles. The number of rotatable bonds is 12. The Balaban J connectivity index is 1.13. The second-order valence-electron chi connectivity index (χ2n) is 14.3. The van der Waals surface area contributed by atoms with Crippen LogP contribution >= 0.6 is 0 Å². The predicted molar refractivity (Wildman–Crippen MR) is 171 cm³/mol. The molecule has 1 saturated heterocycles. The summed E-state index contributed by atoms with van der Waals surface area (Å²) in [6, 6.07) is 9.87. The Hall–Kier alpha value is -3.47. The fourth-order valence-electron chi connectivity index (χ4n) is 8.44. The Morgan fingerprint density at radius 2 is 1.80 bits per heavy atom. The van der Waals surface area contributed by atoms with E-state index in [1.54, 1.807) is 35.9 Å². The zero-order valence-corrected chi connectivity index (χ0v) is 27.6. The molecule has 45 heavy (non-hydrogen) atoms. The monoisotopic (exact) mass is 632 g/mol. The molecule has 3 aromatic rings. The number of ether oxygens (including phenoxy) is 1. The molecule has 0 unspecified atom stereocenters. The second kappa shape index (κ2) is 10.8. The number of hydrogen-bond acceptors (Lipinski definition) is 8. The highest BCUT2D eigenvalue weighted by atomic mass is 32.2. The van der Waals surface area contributed by atoms with Crippen molar-refractivity contribution < 1.29 is 17.9 Å². The summed E-state index contributed by atoms with van der Waals surface area (Å²) >= 11 is 0. The van der Waals surface area contributed by atoms with E-state index in [0.717, 1.165) is 44.6 Å². The van der Waals surface area contributed by atoms with Crippen molar-refractivity contribution in [1.82, 2.24) is 24.5 Å². The van der Waals surface area contributed by atoms with Gasteiger partial charge in [0.2, 0.25) is 5.88 Å². The average molecular weight is 633 g/mol. The van der Waals surface area contributed by atoms with Gasteiger partial charge in [0.25, 0.3) is 15.9 Å². The number of carbonyl (C=O) groups is 1. The SMILES string of the molecule is CCCC[C@@H]1CN(c2nc(-n3ccc(OCCC4C5(CC5)C45CC5)n3)ccc2C(=O)NS(=O)(=O)c2cccc(C)n2)C(C)(C)C1. The number of amides is 1. The minimum Gasteiger partial charge on any atom is -0.477 e. The van der Waals surface area contributed by atoms with E-state index in [9.17, 15) is 13.2 Å².